The van der Waals surface area contributed by atoms with Crippen LogP contribution in [0.2, 0.25) is 0 Å². The smallest absolute Gasteiger partial charge is 0.234 e. The highest BCUT2D eigenvalue weighted by molar-refractivity contribution is 5.78. The minimum absolute atomic E-state index is 0.135. The van der Waals surface area contributed by atoms with Crippen molar-refractivity contribution in [2.75, 3.05) is 13.1 Å². The molecule has 2 N–H and O–H groups in total. The van der Waals surface area contributed by atoms with E-state index in [0.717, 1.165) is 6.54 Å². The second kappa shape index (κ2) is 5.80. The lowest BCUT2D eigenvalue weighted by Crippen LogP contribution is -2.52. The van der Waals surface area contributed by atoms with Crippen molar-refractivity contribution in [3.8, 4) is 0 Å². The van der Waals surface area contributed by atoms with Gasteiger partial charge in [-0.3, -0.25) is 9.69 Å². The zero-order valence-electron chi connectivity index (χ0n) is 12.8. The van der Waals surface area contributed by atoms with Crippen LogP contribution >= 0.6 is 0 Å². The molecule has 0 aromatic heterocycles. The quantitative estimate of drug-likeness (QED) is 0.811. The van der Waals surface area contributed by atoms with E-state index in [4.69, 9.17) is 0 Å². The number of piperidine rings is 1. The van der Waals surface area contributed by atoms with Crippen LogP contribution in [0.4, 0.5) is 0 Å². The molecular formula is C15H29N3O. The van der Waals surface area contributed by atoms with Crippen molar-refractivity contribution in [1.29, 1.82) is 0 Å². The summed E-state index contributed by atoms with van der Waals surface area (Å²) in [6.45, 7) is 9.76. The highest BCUT2D eigenvalue weighted by Crippen LogP contribution is 2.29. The molecule has 2 atom stereocenters. The maximum atomic E-state index is 12.1. The highest BCUT2D eigenvalue weighted by Gasteiger charge is 2.36. The van der Waals surface area contributed by atoms with E-state index < -0.39 is 0 Å². The minimum Gasteiger partial charge on any atom is -0.350 e. The predicted octanol–water partition coefficient (Wildman–Crippen LogP) is 1.51. The Morgan fingerprint density at radius 3 is 2.32 bits per heavy atom. The zero-order valence-corrected chi connectivity index (χ0v) is 12.8. The number of nitrogens with one attached hydrogen (secondary N) is 2. The average Bonchev–Trinajstić information content (AvgIpc) is 2.63. The maximum absolute atomic E-state index is 12.1. The number of likely N-dealkylation sites (N-methyl/N-ethyl adjacent to an activating group) is 1. The Hall–Kier alpha value is -0.610. The number of hydrogen-bond donors (Lipinski definition) is 2. The molecule has 2 unspecified atom stereocenters. The van der Waals surface area contributed by atoms with Crippen molar-refractivity contribution >= 4 is 5.91 Å². The van der Waals surface area contributed by atoms with Gasteiger partial charge in [0, 0.05) is 23.7 Å². The summed E-state index contributed by atoms with van der Waals surface area (Å²) in [7, 11) is 0. The molecule has 2 heterocycles. The maximum Gasteiger partial charge on any atom is 0.234 e. The topological polar surface area (TPSA) is 44.4 Å². The molecule has 19 heavy (non-hydrogen) atoms. The lowest BCUT2D eigenvalue weighted by molar-refractivity contribution is -0.124. The first-order chi connectivity index (χ1) is 8.87. The molecule has 2 aliphatic rings. The van der Waals surface area contributed by atoms with E-state index in [2.05, 4.69) is 22.5 Å². The van der Waals surface area contributed by atoms with Crippen molar-refractivity contribution in [3.63, 3.8) is 0 Å². The highest BCUT2D eigenvalue weighted by atomic mass is 16.2. The van der Waals surface area contributed by atoms with E-state index in [1.807, 2.05) is 20.8 Å². The summed E-state index contributed by atoms with van der Waals surface area (Å²) >= 11 is 0. The molecule has 1 amide bonds. The summed E-state index contributed by atoms with van der Waals surface area (Å²) in [5, 5.41) is 6.73. The van der Waals surface area contributed by atoms with Gasteiger partial charge in [-0.05, 0) is 53.0 Å². The van der Waals surface area contributed by atoms with E-state index in [1.165, 1.54) is 25.7 Å². The number of rotatable bonds is 4. The molecule has 4 nitrogen and oxygen atoms in total. The van der Waals surface area contributed by atoms with Crippen LogP contribution in [0.3, 0.4) is 0 Å². The molecule has 2 aliphatic heterocycles. The Balaban J connectivity index is 1.88. The summed E-state index contributed by atoms with van der Waals surface area (Å²) in [5.74, 6) is 0.153. The molecule has 2 fully saturated rings. The molecule has 2 rings (SSSR count). The van der Waals surface area contributed by atoms with Crippen molar-refractivity contribution in [2.24, 2.45) is 0 Å². The van der Waals surface area contributed by atoms with Crippen LogP contribution in [0.15, 0.2) is 0 Å². The van der Waals surface area contributed by atoms with Gasteiger partial charge >= 0.3 is 0 Å². The van der Waals surface area contributed by atoms with Crippen LogP contribution in [0.5, 0.6) is 0 Å². The number of amides is 1. The molecule has 0 saturated carbocycles. The molecule has 2 bridgehead atoms. The van der Waals surface area contributed by atoms with E-state index in [-0.39, 0.29) is 11.4 Å². The van der Waals surface area contributed by atoms with Gasteiger partial charge in [-0.2, -0.15) is 0 Å². The van der Waals surface area contributed by atoms with Gasteiger partial charge in [-0.15, -0.1) is 0 Å². The lowest BCUT2D eigenvalue weighted by atomic mass is 9.98. The van der Waals surface area contributed by atoms with Crippen LogP contribution < -0.4 is 10.6 Å². The van der Waals surface area contributed by atoms with E-state index in [9.17, 15) is 4.79 Å². The van der Waals surface area contributed by atoms with Crippen LogP contribution in [-0.2, 0) is 4.79 Å². The van der Waals surface area contributed by atoms with Crippen LogP contribution in [0.1, 0.15) is 53.4 Å². The van der Waals surface area contributed by atoms with Crippen molar-refractivity contribution < 1.29 is 4.79 Å². The van der Waals surface area contributed by atoms with Gasteiger partial charge in [0.15, 0.2) is 0 Å². The van der Waals surface area contributed by atoms with Crippen LogP contribution in [0, 0.1) is 0 Å². The second-order valence-electron chi connectivity index (χ2n) is 7.12. The van der Waals surface area contributed by atoms with Gasteiger partial charge in [0.1, 0.15) is 0 Å². The fourth-order valence-electron chi connectivity index (χ4n) is 3.47. The number of carbonyl (C=O) groups is 1. The molecular weight excluding hydrogens is 238 g/mol. The van der Waals surface area contributed by atoms with Crippen LogP contribution in [0.25, 0.3) is 0 Å². The van der Waals surface area contributed by atoms with E-state index in [0.29, 0.717) is 24.7 Å². The Kier molecular flexibility index (Phi) is 4.51. The number of carbonyl (C=O) groups excluding carboxylic acids is 1. The summed E-state index contributed by atoms with van der Waals surface area (Å²) in [6, 6.07) is 1.95. The minimum atomic E-state index is -0.135. The Labute approximate surface area is 117 Å². The van der Waals surface area contributed by atoms with Crippen molar-refractivity contribution in [3.05, 3.63) is 0 Å². The van der Waals surface area contributed by atoms with Gasteiger partial charge in [-0.1, -0.05) is 6.92 Å². The third kappa shape index (κ3) is 4.18. The van der Waals surface area contributed by atoms with Gasteiger partial charge < -0.3 is 10.6 Å². The Morgan fingerprint density at radius 1 is 1.26 bits per heavy atom. The lowest BCUT2D eigenvalue weighted by Gasteiger charge is -2.37. The third-order valence-corrected chi connectivity index (χ3v) is 4.23. The molecule has 4 heteroatoms. The van der Waals surface area contributed by atoms with Crippen LogP contribution in [-0.4, -0.2) is 47.6 Å². The first kappa shape index (κ1) is 14.8. The molecule has 0 aromatic carbocycles. The molecule has 2 saturated heterocycles. The predicted molar refractivity (Wildman–Crippen MR) is 78.1 cm³/mol. The molecule has 110 valence electrons. The fraction of sp³-hybridized carbons (Fsp3) is 0.933. The Morgan fingerprint density at radius 2 is 1.84 bits per heavy atom. The first-order valence-electron chi connectivity index (χ1n) is 7.68. The fourth-order valence-corrected chi connectivity index (χ4v) is 3.47. The first-order valence-corrected chi connectivity index (χ1v) is 7.68. The Bertz CT molecular complexity index is 312. The second-order valence-corrected chi connectivity index (χ2v) is 7.12. The number of fused-ring (bicyclic) bond motifs is 2. The molecule has 0 aliphatic carbocycles. The molecule has 0 radical (unpaired) electrons. The SMILES string of the molecule is CCN(CC(=O)NC(C)(C)C)C1CC2CCC(C1)N2. The monoisotopic (exact) mass is 267 g/mol. The normalized spacial score (nSPS) is 30.7. The summed E-state index contributed by atoms with van der Waals surface area (Å²) in [6.07, 6.45) is 5.03. The summed E-state index contributed by atoms with van der Waals surface area (Å²) in [4.78, 5) is 14.4. The molecule has 0 aromatic rings. The summed E-state index contributed by atoms with van der Waals surface area (Å²) in [5.41, 5.74) is -0.135. The van der Waals surface area contributed by atoms with E-state index in [1.54, 1.807) is 0 Å². The zero-order chi connectivity index (χ0) is 14.0. The molecule has 0 spiro atoms. The van der Waals surface area contributed by atoms with E-state index >= 15 is 0 Å². The standard InChI is InChI=1S/C15H29N3O/c1-5-18(10-14(19)17-15(2,3)4)13-8-11-6-7-12(9-13)16-11/h11-13,16H,5-10H2,1-4H3,(H,17,19). The number of nitrogens with zero attached hydrogens (tertiary/aromatic N) is 1. The van der Waals surface area contributed by atoms with Gasteiger partial charge in [0.25, 0.3) is 0 Å². The van der Waals surface area contributed by atoms with Gasteiger partial charge in [-0.25, -0.2) is 0 Å². The third-order valence-electron chi connectivity index (χ3n) is 4.23. The van der Waals surface area contributed by atoms with Gasteiger partial charge in [0.05, 0.1) is 6.54 Å². The van der Waals surface area contributed by atoms with Crippen molar-refractivity contribution in [1.82, 2.24) is 15.5 Å². The summed E-state index contributed by atoms with van der Waals surface area (Å²) < 4.78 is 0. The number of hydrogen-bond acceptors (Lipinski definition) is 3. The largest absolute Gasteiger partial charge is 0.350 e. The van der Waals surface area contributed by atoms with Crippen molar-refractivity contribution in [2.45, 2.75) is 77.0 Å². The average molecular weight is 267 g/mol. The van der Waals surface area contributed by atoms with Gasteiger partial charge in [0.2, 0.25) is 5.91 Å².